The van der Waals surface area contributed by atoms with Crippen LogP contribution in [0.5, 0.6) is 0 Å². The van der Waals surface area contributed by atoms with Crippen LogP contribution in [0, 0.1) is 33.7 Å². The summed E-state index contributed by atoms with van der Waals surface area (Å²) in [5, 5.41) is 0. The molecule has 0 aliphatic heterocycles. The van der Waals surface area contributed by atoms with Crippen LogP contribution >= 0.6 is 0 Å². The minimum absolute atomic E-state index is 0.514. The van der Waals surface area contributed by atoms with Gasteiger partial charge in [0.25, 0.3) is 0 Å². The van der Waals surface area contributed by atoms with Crippen LogP contribution in [0.4, 0.5) is 0 Å². The van der Waals surface area contributed by atoms with Gasteiger partial charge in [-0.15, -0.1) is 0 Å². The minimum atomic E-state index is 0.514. The second-order valence-corrected chi connectivity index (χ2v) is 8.19. The van der Waals surface area contributed by atoms with E-state index in [2.05, 4.69) is 6.92 Å². The molecule has 0 aromatic heterocycles. The zero-order chi connectivity index (χ0) is 14.9. The van der Waals surface area contributed by atoms with Crippen LogP contribution in [-0.2, 0) is 4.79 Å². The third-order valence-electron chi connectivity index (χ3n) is 4.03. The molecule has 0 rings (SSSR count). The molecule has 0 aliphatic carbocycles. The molecule has 0 fully saturated rings. The van der Waals surface area contributed by atoms with E-state index in [-0.39, 0.29) is 0 Å². The van der Waals surface area contributed by atoms with Gasteiger partial charge in [0.1, 0.15) is 0 Å². The van der Waals surface area contributed by atoms with Crippen LogP contribution in [0.25, 0.3) is 0 Å². The van der Waals surface area contributed by atoms with Gasteiger partial charge in [-0.1, -0.05) is 39.0 Å². The molecule has 0 heterocycles. The summed E-state index contributed by atoms with van der Waals surface area (Å²) in [6.45, 7) is 2.28. The molecule has 0 aromatic rings. The Balaban J connectivity index is 2.94. The monoisotopic (exact) mass is 406 g/mol. The number of hydrogen-bond acceptors (Lipinski definition) is 1. The van der Waals surface area contributed by atoms with Crippen molar-refractivity contribution in [3.8, 4) is 0 Å². The van der Waals surface area contributed by atoms with Crippen molar-refractivity contribution < 1.29 is 38.5 Å². The molecule has 0 aliphatic rings. The van der Waals surface area contributed by atoms with E-state index in [4.69, 9.17) is 0 Å². The van der Waals surface area contributed by atoms with Crippen LogP contribution < -0.4 is 0 Å². The second kappa shape index (κ2) is 17.9. The fourth-order valence-corrected chi connectivity index (χ4v) is 3.31. The first kappa shape index (κ1) is 20.9. The van der Waals surface area contributed by atoms with Gasteiger partial charge >= 0.3 is 111 Å². The maximum absolute atomic E-state index is 10.9. The Bertz CT molecular complexity index is 204. The molecular weight excluding hydrogens is 371 g/mol. The maximum atomic E-state index is 10.9. The van der Waals surface area contributed by atoms with Crippen LogP contribution in [0.15, 0.2) is 0 Å². The van der Waals surface area contributed by atoms with Crippen molar-refractivity contribution in [3.05, 3.63) is 0 Å². The van der Waals surface area contributed by atoms with E-state index in [0.717, 1.165) is 12.8 Å². The summed E-state index contributed by atoms with van der Waals surface area (Å²) in [5.41, 5.74) is 0. The van der Waals surface area contributed by atoms with Crippen molar-refractivity contribution in [1.29, 1.82) is 0 Å². The molecule has 0 atom stereocenters. The van der Waals surface area contributed by atoms with Gasteiger partial charge in [0.05, 0.1) is 0 Å². The van der Waals surface area contributed by atoms with Gasteiger partial charge in [-0.25, -0.2) is 0 Å². The molecular formula is C18H35LaO. The molecule has 1 nitrogen and oxygen atoms in total. The average molecular weight is 406 g/mol. The van der Waals surface area contributed by atoms with Gasteiger partial charge in [0.2, 0.25) is 0 Å². The Morgan fingerprint density at radius 1 is 0.600 bits per heavy atom. The third-order valence-corrected chi connectivity index (χ3v) is 4.93. The number of carbonyl (C=O) groups excluding carboxylic acids is 1. The molecule has 0 saturated heterocycles. The fraction of sp³-hybridized carbons (Fsp3) is 0.944. The molecule has 2 heteroatoms. The van der Waals surface area contributed by atoms with Crippen molar-refractivity contribution in [2.45, 2.75) is 110 Å². The van der Waals surface area contributed by atoms with Gasteiger partial charge in [-0.05, 0) is 0 Å². The first-order valence-corrected chi connectivity index (χ1v) is 10.9. The Morgan fingerprint density at radius 3 is 1.20 bits per heavy atom. The number of hydrogen-bond donors (Lipinski definition) is 0. The number of carbonyl (C=O) groups is 1. The first-order chi connectivity index (χ1) is 9.77. The van der Waals surface area contributed by atoms with E-state index < -0.39 is 0 Å². The average Bonchev–Trinajstić information content (AvgIpc) is 2.43. The molecule has 0 unspecified atom stereocenters. The van der Waals surface area contributed by atoms with E-state index in [1.807, 2.05) is 0 Å². The molecule has 0 bridgehead atoms. The fourth-order valence-electron chi connectivity index (χ4n) is 2.67. The Labute approximate surface area is 149 Å². The van der Waals surface area contributed by atoms with E-state index >= 15 is 0 Å². The van der Waals surface area contributed by atoms with Crippen molar-refractivity contribution in [2.24, 2.45) is 0 Å². The van der Waals surface area contributed by atoms with Gasteiger partial charge in [0.15, 0.2) is 0 Å². The summed E-state index contributed by atoms with van der Waals surface area (Å²) >= 11 is 0.562. The predicted molar refractivity (Wildman–Crippen MR) is 84.6 cm³/mol. The van der Waals surface area contributed by atoms with E-state index in [0.29, 0.717) is 35.9 Å². The van der Waals surface area contributed by atoms with Crippen LogP contribution in [-0.4, -0.2) is 2.19 Å². The van der Waals surface area contributed by atoms with Crippen LogP contribution in [0.1, 0.15) is 110 Å². The molecule has 20 heavy (non-hydrogen) atoms. The van der Waals surface area contributed by atoms with Gasteiger partial charge in [-0.2, -0.15) is 0 Å². The Morgan fingerprint density at radius 2 is 0.900 bits per heavy atom. The van der Waals surface area contributed by atoms with Gasteiger partial charge in [0, 0.05) is 0 Å². The summed E-state index contributed by atoms with van der Waals surface area (Å²) in [7, 11) is 0. The topological polar surface area (TPSA) is 17.1 Å². The SMILES string of the molecule is CCCCCCCCCCCCCCCCC[C](=O)[La]. The molecule has 0 amide bonds. The number of unbranched alkanes of at least 4 members (excludes halogenated alkanes) is 14. The second-order valence-electron chi connectivity index (χ2n) is 6.17. The Hall–Kier alpha value is 0.865. The predicted octanol–water partition coefficient (Wildman–Crippen LogP) is 6.32. The van der Waals surface area contributed by atoms with E-state index in [1.165, 1.54) is 89.9 Å². The normalized spacial score (nSPS) is 10.8. The van der Waals surface area contributed by atoms with E-state index in [1.54, 1.807) is 0 Å². The van der Waals surface area contributed by atoms with E-state index in [9.17, 15) is 4.79 Å². The zero-order valence-electron chi connectivity index (χ0n) is 13.8. The number of rotatable bonds is 16. The first-order valence-electron chi connectivity index (χ1n) is 9.05. The van der Waals surface area contributed by atoms with Crippen molar-refractivity contribution in [2.75, 3.05) is 0 Å². The summed E-state index contributed by atoms with van der Waals surface area (Å²) in [5.74, 6) is 0. The standard InChI is InChI=1S/C18H35O.La/c1-2-3-4-5-6-7-8-9-10-11-12-13-14-15-16-17-18-19;/h2-17H2,1H3;. The van der Waals surface area contributed by atoms with Crippen molar-refractivity contribution >= 4 is 2.19 Å². The van der Waals surface area contributed by atoms with Crippen molar-refractivity contribution in [1.82, 2.24) is 0 Å². The summed E-state index contributed by atoms with van der Waals surface area (Å²) in [6.07, 6.45) is 21.8. The summed E-state index contributed by atoms with van der Waals surface area (Å²) in [4.78, 5) is 10.9. The van der Waals surface area contributed by atoms with Crippen LogP contribution in [0.2, 0.25) is 0 Å². The summed E-state index contributed by atoms with van der Waals surface area (Å²) in [6, 6.07) is 0. The van der Waals surface area contributed by atoms with Crippen LogP contribution in [0.3, 0.4) is 0 Å². The molecule has 0 spiro atoms. The molecule has 0 saturated carbocycles. The molecule has 116 valence electrons. The molecule has 0 N–H and O–H groups in total. The molecule has 0 radical (unpaired) electrons. The summed E-state index contributed by atoms with van der Waals surface area (Å²) < 4.78 is 0.514. The quantitative estimate of drug-likeness (QED) is 0.274. The Kier molecular flexibility index (Phi) is 18.7. The van der Waals surface area contributed by atoms with Gasteiger partial charge in [-0.3, -0.25) is 0 Å². The van der Waals surface area contributed by atoms with Gasteiger partial charge < -0.3 is 0 Å². The van der Waals surface area contributed by atoms with Crippen molar-refractivity contribution in [3.63, 3.8) is 0 Å². The third kappa shape index (κ3) is 18.9. The zero-order valence-corrected chi connectivity index (χ0v) is 17.4. The molecule has 0 aromatic carbocycles.